The highest BCUT2D eigenvalue weighted by Crippen LogP contribution is 2.22. The van der Waals surface area contributed by atoms with Crippen molar-refractivity contribution < 1.29 is 8.42 Å². The molecule has 2 heterocycles. The zero-order valence-corrected chi connectivity index (χ0v) is 13.6. The number of nitrogens with two attached hydrogens (primary N) is 1. The fraction of sp³-hybridized carbons (Fsp3) is 0.375. The summed E-state index contributed by atoms with van der Waals surface area (Å²) < 4.78 is 25.2. The largest absolute Gasteiger partial charge is 0.384 e. The standard InChI is InChI=1S/C16H20N4O2S/c17-16(18)14-3-1-2-12(8-14)10-20-6-5-19-15(20)9-13-4-7-23(21,22)11-13/h1-3,5-6,8,13H,4,7,9-11H2,(H3,17,18). The number of nitrogen functional groups attached to an aromatic ring is 1. The van der Waals surface area contributed by atoms with Gasteiger partial charge in [0.15, 0.2) is 9.84 Å². The first kappa shape index (κ1) is 15.7. The van der Waals surface area contributed by atoms with Gasteiger partial charge in [-0.15, -0.1) is 0 Å². The van der Waals surface area contributed by atoms with E-state index in [2.05, 4.69) is 4.98 Å². The lowest BCUT2D eigenvalue weighted by atomic mass is 10.0. The minimum absolute atomic E-state index is 0.0499. The molecule has 0 aliphatic carbocycles. The van der Waals surface area contributed by atoms with Gasteiger partial charge in [-0.05, 0) is 24.0 Å². The van der Waals surface area contributed by atoms with Crippen molar-refractivity contribution in [2.24, 2.45) is 11.7 Å². The number of benzene rings is 1. The van der Waals surface area contributed by atoms with Crippen molar-refractivity contribution in [1.82, 2.24) is 9.55 Å². The Morgan fingerprint density at radius 1 is 1.43 bits per heavy atom. The Hall–Kier alpha value is -2.15. The van der Waals surface area contributed by atoms with Crippen LogP contribution in [0, 0.1) is 11.3 Å². The van der Waals surface area contributed by atoms with Gasteiger partial charge >= 0.3 is 0 Å². The highest BCUT2D eigenvalue weighted by Gasteiger charge is 2.28. The van der Waals surface area contributed by atoms with Gasteiger partial charge in [0.05, 0.1) is 11.5 Å². The van der Waals surface area contributed by atoms with Gasteiger partial charge in [0.25, 0.3) is 0 Å². The maximum atomic E-state index is 11.6. The third-order valence-electron chi connectivity index (χ3n) is 4.19. The molecule has 0 saturated carbocycles. The second-order valence-electron chi connectivity index (χ2n) is 6.06. The molecule has 1 fully saturated rings. The van der Waals surface area contributed by atoms with Crippen molar-refractivity contribution in [1.29, 1.82) is 5.41 Å². The van der Waals surface area contributed by atoms with Gasteiger partial charge in [0.1, 0.15) is 11.7 Å². The molecule has 122 valence electrons. The fourth-order valence-electron chi connectivity index (χ4n) is 3.00. The van der Waals surface area contributed by atoms with E-state index in [1.807, 2.05) is 35.0 Å². The summed E-state index contributed by atoms with van der Waals surface area (Å²) in [6, 6.07) is 7.57. The van der Waals surface area contributed by atoms with Crippen LogP contribution in [0.5, 0.6) is 0 Å². The van der Waals surface area contributed by atoms with Crippen LogP contribution >= 0.6 is 0 Å². The summed E-state index contributed by atoms with van der Waals surface area (Å²) in [6.45, 7) is 0.635. The molecule has 23 heavy (non-hydrogen) atoms. The quantitative estimate of drug-likeness (QED) is 0.634. The lowest BCUT2D eigenvalue weighted by molar-refractivity contribution is 0.551. The summed E-state index contributed by atoms with van der Waals surface area (Å²) >= 11 is 0. The average Bonchev–Trinajstić information content (AvgIpc) is 3.06. The first-order chi connectivity index (χ1) is 10.9. The van der Waals surface area contributed by atoms with Crippen LogP contribution in [-0.4, -0.2) is 35.3 Å². The van der Waals surface area contributed by atoms with Crippen molar-refractivity contribution in [3.05, 3.63) is 53.6 Å². The second kappa shape index (κ2) is 6.16. The first-order valence-corrected chi connectivity index (χ1v) is 9.39. The van der Waals surface area contributed by atoms with E-state index in [0.29, 0.717) is 24.3 Å². The second-order valence-corrected chi connectivity index (χ2v) is 8.29. The molecule has 1 aliphatic heterocycles. The van der Waals surface area contributed by atoms with E-state index in [4.69, 9.17) is 11.1 Å². The number of amidine groups is 1. The van der Waals surface area contributed by atoms with Crippen molar-refractivity contribution in [2.45, 2.75) is 19.4 Å². The first-order valence-electron chi connectivity index (χ1n) is 7.57. The Morgan fingerprint density at radius 3 is 2.96 bits per heavy atom. The number of rotatable bonds is 5. The molecule has 3 rings (SSSR count). The SMILES string of the molecule is N=C(N)c1cccc(Cn2ccnc2CC2CCS(=O)(=O)C2)c1. The van der Waals surface area contributed by atoms with Crippen LogP contribution in [0.3, 0.4) is 0 Å². The molecule has 0 amide bonds. The lowest BCUT2D eigenvalue weighted by Crippen LogP contribution is -2.13. The molecule has 1 aromatic heterocycles. The molecule has 6 nitrogen and oxygen atoms in total. The van der Waals surface area contributed by atoms with Crippen LogP contribution in [0.25, 0.3) is 0 Å². The summed E-state index contributed by atoms with van der Waals surface area (Å²) in [5, 5.41) is 7.51. The molecule has 2 aromatic rings. The van der Waals surface area contributed by atoms with Crippen LogP contribution in [0.15, 0.2) is 36.7 Å². The number of nitrogens with one attached hydrogen (secondary N) is 1. The normalized spacial score (nSPS) is 19.7. The zero-order valence-electron chi connectivity index (χ0n) is 12.8. The molecule has 1 unspecified atom stereocenters. The number of imidazole rings is 1. The van der Waals surface area contributed by atoms with E-state index in [9.17, 15) is 8.42 Å². The minimum atomic E-state index is -2.86. The summed E-state index contributed by atoms with van der Waals surface area (Å²) in [7, 11) is -2.86. The maximum absolute atomic E-state index is 11.6. The number of hydrogen-bond donors (Lipinski definition) is 2. The molecule has 3 N–H and O–H groups in total. The third-order valence-corrected chi connectivity index (χ3v) is 6.03. The average molecular weight is 332 g/mol. The molecule has 1 atom stereocenters. The topological polar surface area (TPSA) is 102 Å². The van der Waals surface area contributed by atoms with Gasteiger partial charge in [-0.1, -0.05) is 18.2 Å². The molecule has 1 aromatic carbocycles. The number of aromatic nitrogens is 2. The molecule has 1 saturated heterocycles. The monoisotopic (exact) mass is 332 g/mol. The van der Waals surface area contributed by atoms with Gasteiger partial charge in [-0.25, -0.2) is 13.4 Å². The molecule has 1 aliphatic rings. The molecule has 0 bridgehead atoms. The van der Waals surface area contributed by atoms with E-state index >= 15 is 0 Å². The number of hydrogen-bond acceptors (Lipinski definition) is 4. The molecular formula is C16H20N4O2S. The third kappa shape index (κ3) is 3.79. The Kier molecular flexibility index (Phi) is 4.21. The van der Waals surface area contributed by atoms with Crippen molar-refractivity contribution in [3.8, 4) is 0 Å². The highest BCUT2D eigenvalue weighted by atomic mass is 32.2. The van der Waals surface area contributed by atoms with E-state index in [1.54, 1.807) is 6.20 Å². The Bertz CT molecular complexity index is 826. The number of sulfone groups is 1. The molecule has 0 radical (unpaired) electrons. The van der Waals surface area contributed by atoms with Gasteiger partial charge in [0, 0.05) is 30.9 Å². The predicted molar refractivity (Wildman–Crippen MR) is 89.3 cm³/mol. The summed E-state index contributed by atoms with van der Waals surface area (Å²) in [5.74, 6) is 1.66. The van der Waals surface area contributed by atoms with Gasteiger partial charge < -0.3 is 10.3 Å². The van der Waals surface area contributed by atoms with Crippen LogP contribution < -0.4 is 5.73 Å². The van der Waals surface area contributed by atoms with Gasteiger partial charge in [-0.3, -0.25) is 5.41 Å². The van der Waals surface area contributed by atoms with E-state index in [1.165, 1.54) is 0 Å². The summed E-state index contributed by atoms with van der Waals surface area (Å²) in [4.78, 5) is 4.38. The molecular weight excluding hydrogens is 312 g/mol. The van der Waals surface area contributed by atoms with E-state index in [0.717, 1.165) is 17.8 Å². The van der Waals surface area contributed by atoms with E-state index < -0.39 is 9.84 Å². The molecule has 7 heteroatoms. The maximum Gasteiger partial charge on any atom is 0.150 e. The number of nitrogens with zero attached hydrogens (tertiary/aromatic N) is 2. The Labute approximate surface area is 135 Å². The van der Waals surface area contributed by atoms with Crippen LogP contribution in [0.1, 0.15) is 23.4 Å². The Balaban J connectivity index is 1.74. The smallest absolute Gasteiger partial charge is 0.150 e. The minimum Gasteiger partial charge on any atom is -0.384 e. The molecule has 0 spiro atoms. The van der Waals surface area contributed by atoms with Gasteiger partial charge in [-0.2, -0.15) is 0 Å². The predicted octanol–water partition coefficient (Wildman–Crippen LogP) is 1.19. The lowest BCUT2D eigenvalue weighted by Gasteiger charge is -2.11. The van der Waals surface area contributed by atoms with Crippen LogP contribution in [0.2, 0.25) is 0 Å². The van der Waals surface area contributed by atoms with E-state index in [-0.39, 0.29) is 17.5 Å². The van der Waals surface area contributed by atoms with Crippen molar-refractivity contribution in [3.63, 3.8) is 0 Å². The fourth-order valence-corrected chi connectivity index (χ4v) is 4.86. The van der Waals surface area contributed by atoms with Crippen molar-refractivity contribution >= 4 is 15.7 Å². The van der Waals surface area contributed by atoms with Crippen molar-refractivity contribution in [2.75, 3.05) is 11.5 Å². The summed E-state index contributed by atoms with van der Waals surface area (Å²) in [5.41, 5.74) is 7.27. The zero-order chi connectivity index (χ0) is 16.4. The van der Waals surface area contributed by atoms with Gasteiger partial charge in [0.2, 0.25) is 0 Å². The van der Waals surface area contributed by atoms with Crippen LogP contribution in [-0.2, 0) is 22.8 Å². The Morgan fingerprint density at radius 2 is 2.26 bits per heavy atom. The summed E-state index contributed by atoms with van der Waals surface area (Å²) in [6.07, 6.45) is 5.04. The highest BCUT2D eigenvalue weighted by molar-refractivity contribution is 7.91. The van der Waals surface area contributed by atoms with Crippen LogP contribution in [0.4, 0.5) is 0 Å².